The number of methoxy groups -OCH3 is 1. The minimum Gasteiger partial charge on any atom is -0.496 e. The summed E-state index contributed by atoms with van der Waals surface area (Å²) in [6, 6.07) is 14.8. The lowest BCUT2D eigenvalue weighted by atomic mass is 9.73. The third kappa shape index (κ3) is 3.19. The highest BCUT2D eigenvalue weighted by molar-refractivity contribution is 6.30. The van der Waals surface area contributed by atoms with Crippen molar-refractivity contribution in [2.45, 2.75) is 18.8 Å². The Kier molecular flexibility index (Phi) is 4.53. The number of hydrogen-bond acceptors (Lipinski definition) is 2. The summed E-state index contributed by atoms with van der Waals surface area (Å²) in [5.41, 5.74) is 0.961. The number of carbonyl (C=O) groups is 1. The van der Waals surface area contributed by atoms with Gasteiger partial charge in [0.15, 0.2) is 0 Å². The maximum Gasteiger partial charge on any atom is 0.304 e. The van der Waals surface area contributed by atoms with Crippen molar-refractivity contribution < 1.29 is 14.6 Å². The van der Waals surface area contributed by atoms with Crippen LogP contribution in [0.5, 0.6) is 5.75 Å². The van der Waals surface area contributed by atoms with Crippen molar-refractivity contribution in [3.8, 4) is 5.75 Å². The van der Waals surface area contributed by atoms with E-state index in [1.165, 1.54) is 0 Å². The molecule has 4 heteroatoms. The third-order valence-electron chi connectivity index (χ3n) is 3.67. The van der Waals surface area contributed by atoms with Crippen LogP contribution in [0.25, 0.3) is 0 Å². The molecule has 0 aliphatic rings. The van der Waals surface area contributed by atoms with E-state index in [4.69, 9.17) is 16.3 Å². The molecule has 0 fully saturated rings. The lowest BCUT2D eigenvalue weighted by Gasteiger charge is -2.31. The van der Waals surface area contributed by atoms with Crippen LogP contribution in [0.1, 0.15) is 24.5 Å². The van der Waals surface area contributed by atoms with Gasteiger partial charge in [-0.1, -0.05) is 48.9 Å². The topological polar surface area (TPSA) is 46.5 Å². The fourth-order valence-electron chi connectivity index (χ4n) is 2.57. The predicted molar refractivity (Wildman–Crippen MR) is 83.2 cm³/mol. The van der Waals surface area contributed by atoms with E-state index in [1.54, 1.807) is 25.3 Å². The number of halogens is 1. The zero-order valence-corrected chi connectivity index (χ0v) is 12.7. The lowest BCUT2D eigenvalue weighted by molar-refractivity contribution is -0.138. The van der Waals surface area contributed by atoms with Crippen molar-refractivity contribution in [3.05, 3.63) is 64.7 Å². The maximum atomic E-state index is 11.4. The Hall–Kier alpha value is -2.00. The highest BCUT2D eigenvalue weighted by Gasteiger charge is 2.34. The van der Waals surface area contributed by atoms with Crippen LogP contribution in [-0.4, -0.2) is 18.2 Å². The summed E-state index contributed by atoms with van der Waals surface area (Å²) in [6.07, 6.45) is -0.0479. The summed E-state index contributed by atoms with van der Waals surface area (Å²) in [5, 5.41) is 9.88. The Labute approximate surface area is 129 Å². The summed E-state index contributed by atoms with van der Waals surface area (Å²) in [7, 11) is 1.57. The SMILES string of the molecule is COc1ccc(Cl)cc1C(C)(CC(=O)O)c1ccccc1. The van der Waals surface area contributed by atoms with Gasteiger partial charge in [0.05, 0.1) is 13.5 Å². The molecule has 0 bridgehead atoms. The molecule has 110 valence electrons. The molecule has 0 aliphatic carbocycles. The second-order valence-electron chi connectivity index (χ2n) is 5.11. The molecule has 0 saturated heterocycles. The Balaban J connectivity index is 2.66. The first kappa shape index (κ1) is 15.4. The highest BCUT2D eigenvalue weighted by Crippen LogP contribution is 2.41. The van der Waals surface area contributed by atoms with Gasteiger partial charge in [0.25, 0.3) is 0 Å². The van der Waals surface area contributed by atoms with Crippen molar-refractivity contribution >= 4 is 17.6 Å². The molecule has 1 atom stereocenters. The molecule has 2 aromatic carbocycles. The molecule has 0 spiro atoms. The van der Waals surface area contributed by atoms with E-state index < -0.39 is 11.4 Å². The van der Waals surface area contributed by atoms with Gasteiger partial charge < -0.3 is 9.84 Å². The summed E-state index contributed by atoms with van der Waals surface area (Å²) in [4.78, 5) is 11.4. The lowest BCUT2D eigenvalue weighted by Crippen LogP contribution is -2.28. The Morgan fingerprint density at radius 2 is 1.90 bits per heavy atom. The first-order valence-corrected chi connectivity index (χ1v) is 6.96. The van der Waals surface area contributed by atoms with E-state index >= 15 is 0 Å². The Morgan fingerprint density at radius 3 is 2.48 bits per heavy atom. The molecule has 21 heavy (non-hydrogen) atoms. The molecule has 0 aliphatic heterocycles. The van der Waals surface area contributed by atoms with Crippen LogP contribution in [0.3, 0.4) is 0 Å². The number of hydrogen-bond donors (Lipinski definition) is 1. The largest absolute Gasteiger partial charge is 0.496 e. The average molecular weight is 305 g/mol. The second-order valence-corrected chi connectivity index (χ2v) is 5.55. The maximum absolute atomic E-state index is 11.4. The van der Waals surface area contributed by atoms with Gasteiger partial charge in [-0.15, -0.1) is 0 Å². The van der Waals surface area contributed by atoms with E-state index in [-0.39, 0.29) is 6.42 Å². The number of benzene rings is 2. The van der Waals surface area contributed by atoms with Crippen molar-refractivity contribution in [2.75, 3.05) is 7.11 Å². The van der Waals surface area contributed by atoms with Gasteiger partial charge >= 0.3 is 5.97 Å². The van der Waals surface area contributed by atoms with E-state index in [1.807, 2.05) is 37.3 Å². The van der Waals surface area contributed by atoms with Crippen LogP contribution in [-0.2, 0) is 10.2 Å². The predicted octanol–water partition coefficient (Wildman–Crippen LogP) is 4.13. The van der Waals surface area contributed by atoms with E-state index in [2.05, 4.69) is 0 Å². The molecule has 2 aromatic rings. The van der Waals surface area contributed by atoms with Gasteiger partial charge in [-0.25, -0.2) is 0 Å². The van der Waals surface area contributed by atoms with Gasteiger partial charge in [0, 0.05) is 16.0 Å². The Morgan fingerprint density at radius 1 is 1.24 bits per heavy atom. The minimum absolute atomic E-state index is 0.0479. The normalized spacial score (nSPS) is 13.5. The molecule has 0 amide bonds. The number of carboxylic acids is 1. The van der Waals surface area contributed by atoms with Gasteiger partial charge in [0.2, 0.25) is 0 Å². The van der Waals surface area contributed by atoms with Crippen molar-refractivity contribution in [1.29, 1.82) is 0 Å². The zero-order chi connectivity index (χ0) is 15.5. The van der Waals surface area contributed by atoms with Gasteiger partial charge in [-0.2, -0.15) is 0 Å². The monoisotopic (exact) mass is 304 g/mol. The molecule has 0 radical (unpaired) electrons. The molecule has 2 rings (SSSR count). The van der Waals surface area contributed by atoms with Crippen LogP contribution >= 0.6 is 11.6 Å². The Bertz CT molecular complexity index is 640. The average Bonchev–Trinajstić information content (AvgIpc) is 2.47. The third-order valence-corrected chi connectivity index (χ3v) is 3.91. The van der Waals surface area contributed by atoms with Gasteiger partial charge in [-0.05, 0) is 23.8 Å². The van der Waals surface area contributed by atoms with E-state index in [0.29, 0.717) is 10.8 Å². The van der Waals surface area contributed by atoms with Crippen LogP contribution < -0.4 is 4.74 Å². The standard InChI is InChI=1S/C17H17ClO3/c1-17(11-16(19)20,12-6-4-3-5-7-12)14-10-13(18)8-9-15(14)21-2/h3-10H,11H2,1-2H3,(H,19,20). The smallest absolute Gasteiger partial charge is 0.304 e. The van der Waals surface area contributed by atoms with Crippen LogP contribution in [0.4, 0.5) is 0 Å². The first-order valence-electron chi connectivity index (χ1n) is 6.58. The number of rotatable bonds is 5. The summed E-state index contributed by atoms with van der Waals surface area (Å²) < 4.78 is 5.40. The summed E-state index contributed by atoms with van der Waals surface area (Å²) in [6.45, 7) is 1.89. The fraction of sp³-hybridized carbons (Fsp3) is 0.235. The van der Waals surface area contributed by atoms with Crippen molar-refractivity contribution in [3.63, 3.8) is 0 Å². The van der Waals surface area contributed by atoms with Crippen molar-refractivity contribution in [1.82, 2.24) is 0 Å². The van der Waals surface area contributed by atoms with E-state index in [9.17, 15) is 9.90 Å². The van der Waals surface area contributed by atoms with Gasteiger partial charge in [0.1, 0.15) is 5.75 Å². The second kappa shape index (κ2) is 6.19. The quantitative estimate of drug-likeness (QED) is 0.903. The fourth-order valence-corrected chi connectivity index (χ4v) is 2.74. The molecule has 0 aromatic heterocycles. The first-order chi connectivity index (χ1) is 9.97. The minimum atomic E-state index is -0.872. The molecule has 3 nitrogen and oxygen atoms in total. The van der Waals surface area contributed by atoms with E-state index in [0.717, 1.165) is 11.1 Å². The molecule has 0 heterocycles. The number of aliphatic carboxylic acids is 1. The summed E-state index contributed by atoms with van der Waals surface area (Å²) >= 11 is 6.10. The summed E-state index contributed by atoms with van der Waals surface area (Å²) in [5.74, 6) is -0.240. The molecule has 0 saturated carbocycles. The van der Waals surface area contributed by atoms with Crippen LogP contribution in [0.15, 0.2) is 48.5 Å². The molecular weight excluding hydrogens is 288 g/mol. The molecule has 1 N–H and O–H groups in total. The molecule has 1 unspecified atom stereocenters. The zero-order valence-electron chi connectivity index (χ0n) is 12.0. The van der Waals surface area contributed by atoms with Gasteiger partial charge in [-0.3, -0.25) is 4.79 Å². The highest BCUT2D eigenvalue weighted by atomic mass is 35.5. The number of carboxylic acid groups (broad SMARTS) is 1. The van der Waals surface area contributed by atoms with Crippen molar-refractivity contribution in [2.24, 2.45) is 0 Å². The van der Waals surface area contributed by atoms with Crippen LogP contribution in [0, 0.1) is 0 Å². The molecular formula is C17H17ClO3. The number of ether oxygens (including phenoxy) is 1. The van der Waals surface area contributed by atoms with Crippen LogP contribution in [0.2, 0.25) is 5.02 Å².